The van der Waals surface area contributed by atoms with Crippen LogP contribution in [0.25, 0.3) is 0 Å². The zero-order valence-corrected chi connectivity index (χ0v) is 15.4. The first-order chi connectivity index (χ1) is 12.7. The molecule has 8 nitrogen and oxygen atoms in total. The molecular formula is C18H29N5O3. The fourth-order valence-electron chi connectivity index (χ4n) is 3.48. The lowest BCUT2D eigenvalue weighted by Crippen LogP contribution is -2.38. The van der Waals surface area contributed by atoms with Gasteiger partial charge in [-0.1, -0.05) is 0 Å². The van der Waals surface area contributed by atoms with E-state index in [-0.39, 0.29) is 12.5 Å². The van der Waals surface area contributed by atoms with E-state index in [0.717, 1.165) is 57.0 Å². The number of piperidine rings is 1. The third kappa shape index (κ3) is 5.04. The van der Waals surface area contributed by atoms with Crippen molar-refractivity contribution in [2.24, 2.45) is 5.92 Å². The van der Waals surface area contributed by atoms with E-state index in [0.29, 0.717) is 30.9 Å². The molecule has 0 bridgehead atoms. The summed E-state index contributed by atoms with van der Waals surface area (Å²) in [6.07, 6.45) is 2.99. The van der Waals surface area contributed by atoms with E-state index in [2.05, 4.69) is 20.6 Å². The van der Waals surface area contributed by atoms with Gasteiger partial charge in [-0.3, -0.25) is 4.79 Å². The molecule has 1 aromatic heterocycles. The number of amides is 1. The van der Waals surface area contributed by atoms with Crippen LogP contribution in [0.3, 0.4) is 0 Å². The van der Waals surface area contributed by atoms with Gasteiger partial charge < -0.3 is 25.4 Å². The van der Waals surface area contributed by atoms with E-state index in [1.807, 2.05) is 11.0 Å². The molecule has 0 spiro atoms. The Bertz CT molecular complexity index is 598. The predicted molar refractivity (Wildman–Crippen MR) is 99.3 cm³/mol. The molecule has 3 heterocycles. The summed E-state index contributed by atoms with van der Waals surface area (Å²) in [5, 5.41) is 15.5. The van der Waals surface area contributed by atoms with Crippen LogP contribution in [0.5, 0.6) is 0 Å². The zero-order valence-electron chi connectivity index (χ0n) is 15.4. The minimum Gasteiger partial charge on any atom is -0.395 e. The molecule has 0 saturated carbocycles. The van der Waals surface area contributed by atoms with Crippen molar-refractivity contribution < 1.29 is 14.6 Å². The van der Waals surface area contributed by atoms with Gasteiger partial charge in [0.15, 0.2) is 0 Å². The van der Waals surface area contributed by atoms with E-state index >= 15 is 0 Å². The Balaban J connectivity index is 1.60. The van der Waals surface area contributed by atoms with Crippen molar-refractivity contribution >= 4 is 17.7 Å². The van der Waals surface area contributed by atoms with E-state index in [1.54, 1.807) is 6.92 Å². The lowest BCUT2D eigenvalue weighted by atomic mass is 9.97. The number of anilines is 2. The first-order valence-corrected chi connectivity index (χ1v) is 9.46. The molecule has 0 aromatic carbocycles. The first kappa shape index (κ1) is 18.8. The maximum atomic E-state index is 11.4. The maximum Gasteiger partial charge on any atom is 0.224 e. The van der Waals surface area contributed by atoms with Gasteiger partial charge in [0.2, 0.25) is 11.9 Å². The van der Waals surface area contributed by atoms with Crippen molar-refractivity contribution in [1.82, 2.24) is 14.9 Å². The maximum absolute atomic E-state index is 11.4. The van der Waals surface area contributed by atoms with Crippen LogP contribution in [-0.2, 0) is 9.53 Å². The van der Waals surface area contributed by atoms with Crippen molar-refractivity contribution in [3.8, 4) is 0 Å². The Morgan fingerprint density at radius 1 is 1.31 bits per heavy atom. The van der Waals surface area contributed by atoms with Crippen LogP contribution in [0, 0.1) is 5.92 Å². The average Bonchev–Trinajstić information content (AvgIpc) is 3.20. The molecule has 8 heteroatoms. The summed E-state index contributed by atoms with van der Waals surface area (Å²) in [6, 6.07) is 2.01. The van der Waals surface area contributed by atoms with Gasteiger partial charge >= 0.3 is 0 Å². The molecule has 3 rings (SSSR count). The third-order valence-electron chi connectivity index (χ3n) is 5.12. The Morgan fingerprint density at radius 3 is 2.77 bits per heavy atom. The Hall–Kier alpha value is -1.93. The SMILES string of the molecule is CC(=O)N1CCC(CNc2cc([C@H]3CCOC3)nc(NCCO)n2)CC1. The number of aliphatic hydroxyl groups is 1. The molecule has 0 aliphatic carbocycles. The Morgan fingerprint density at radius 2 is 2.12 bits per heavy atom. The molecule has 0 unspecified atom stereocenters. The summed E-state index contributed by atoms with van der Waals surface area (Å²) in [6.45, 7) is 6.06. The minimum atomic E-state index is 0.0393. The van der Waals surface area contributed by atoms with E-state index in [1.165, 1.54) is 0 Å². The fourth-order valence-corrected chi connectivity index (χ4v) is 3.48. The summed E-state index contributed by atoms with van der Waals surface area (Å²) >= 11 is 0. The number of nitrogens with zero attached hydrogens (tertiary/aromatic N) is 3. The lowest BCUT2D eigenvalue weighted by molar-refractivity contribution is -0.130. The van der Waals surface area contributed by atoms with Gasteiger partial charge in [-0.05, 0) is 25.2 Å². The van der Waals surface area contributed by atoms with Crippen LogP contribution >= 0.6 is 0 Å². The molecule has 1 amide bonds. The average molecular weight is 363 g/mol. The highest BCUT2D eigenvalue weighted by Crippen LogP contribution is 2.26. The Labute approximate surface area is 154 Å². The number of hydrogen-bond donors (Lipinski definition) is 3. The van der Waals surface area contributed by atoms with E-state index < -0.39 is 0 Å². The van der Waals surface area contributed by atoms with Crippen LogP contribution in [0.2, 0.25) is 0 Å². The predicted octanol–water partition coefficient (Wildman–Crippen LogP) is 1.06. The second kappa shape index (κ2) is 9.14. The lowest BCUT2D eigenvalue weighted by Gasteiger charge is -2.31. The molecule has 2 aliphatic rings. The summed E-state index contributed by atoms with van der Waals surface area (Å²) in [5.74, 6) is 2.34. The molecule has 1 atom stereocenters. The van der Waals surface area contributed by atoms with Gasteiger partial charge in [0.1, 0.15) is 5.82 Å². The quantitative estimate of drug-likeness (QED) is 0.666. The summed E-state index contributed by atoms with van der Waals surface area (Å²) in [5.41, 5.74) is 0.979. The van der Waals surface area contributed by atoms with Crippen LogP contribution in [-0.4, -0.2) is 71.9 Å². The van der Waals surface area contributed by atoms with Crippen molar-refractivity contribution in [3.05, 3.63) is 11.8 Å². The highest BCUT2D eigenvalue weighted by Gasteiger charge is 2.22. The largest absolute Gasteiger partial charge is 0.395 e. The number of aliphatic hydroxyl groups excluding tert-OH is 1. The van der Waals surface area contributed by atoms with Crippen LogP contribution in [0.15, 0.2) is 6.07 Å². The molecule has 2 fully saturated rings. The van der Waals surface area contributed by atoms with Crippen molar-refractivity contribution in [1.29, 1.82) is 0 Å². The third-order valence-corrected chi connectivity index (χ3v) is 5.12. The molecule has 26 heavy (non-hydrogen) atoms. The van der Waals surface area contributed by atoms with Crippen LogP contribution < -0.4 is 10.6 Å². The van der Waals surface area contributed by atoms with Gasteiger partial charge in [-0.25, -0.2) is 4.98 Å². The second-order valence-electron chi connectivity index (χ2n) is 7.04. The molecule has 2 aliphatic heterocycles. The number of carbonyl (C=O) groups excluding carboxylic acids is 1. The summed E-state index contributed by atoms with van der Waals surface area (Å²) < 4.78 is 5.48. The highest BCUT2D eigenvalue weighted by atomic mass is 16.5. The van der Waals surface area contributed by atoms with Gasteiger partial charge in [0, 0.05) is 51.7 Å². The first-order valence-electron chi connectivity index (χ1n) is 9.46. The van der Waals surface area contributed by atoms with Gasteiger partial charge in [-0.2, -0.15) is 4.98 Å². The van der Waals surface area contributed by atoms with E-state index in [9.17, 15) is 4.79 Å². The monoisotopic (exact) mass is 363 g/mol. The molecular weight excluding hydrogens is 334 g/mol. The standard InChI is InChI=1S/C18H29N5O3/c1-13(25)23-6-2-14(3-7-23)11-20-17-10-16(15-4-9-26-12-15)21-18(22-17)19-5-8-24/h10,14-15,24H,2-9,11-12H2,1H3,(H2,19,20,21,22)/t15-/m0/s1. The van der Waals surface area contributed by atoms with Gasteiger partial charge in [-0.15, -0.1) is 0 Å². The van der Waals surface area contributed by atoms with Crippen LogP contribution in [0.4, 0.5) is 11.8 Å². The topological polar surface area (TPSA) is 99.6 Å². The van der Waals surface area contributed by atoms with Gasteiger partial charge in [0.25, 0.3) is 0 Å². The normalized spacial score (nSPS) is 21.0. The molecule has 3 N–H and O–H groups in total. The minimum absolute atomic E-state index is 0.0393. The van der Waals surface area contributed by atoms with Gasteiger partial charge in [0.05, 0.1) is 18.9 Å². The summed E-state index contributed by atoms with van der Waals surface area (Å²) in [4.78, 5) is 22.4. The smallest absolute Gasteiger partial charge is 0.224 e. The van der Waals surface area contributed by atoms with Crippen LogP contribution in [0.1, 0.15) is 37.8 Å². The number of rotatable bonds is 7. The second-order valence-corrected chi connectivity index (χ2v) is 7.04. The number of nitrogens with one attached hydrogen (secondary N) is 2. The molecule has 1 aromatic rings. The number of likely N-dealkylation sites (tertiary alicyclic amines) is 1. The number of ether oxygens (including phenoxy) is 1. The zero-order chi connectivity index (χ0) is 18.4. The van der Waals surface area contributed by atoms with Crippen molar-refractivity contribution in [2.75, 3.05) is 56.6 Å². The summed E-state index contributed by atoms with van der Waals surface area (Å²) in [7, 11) is 0. The van der Waals surface area contributed by atoms with Crippen molar-refractivity contribution in [2.45, 2.75) is 32.1 Å². The fraction of sp³-hybridized carbons (Fsp3) is 0.722. The van der Waals surface area contributed by atoms with Crippen molar-refractivity contribution in [3.63, 3.8) is 0 Å². The molecule has 0 radical (unpaired) electrons. The number of hydrogen-bond acceptors (Lipinski definition) is 7. The molecule has 2 saturated heterocycles. The Kier molecular flexibility index (Phi) is 6.62. The van der Waals surface area contributed by atoms with E-state index in [4.69, 9.17) is 9.84 Å². The highest BCUT2D eigenvalue weighted by molar-refractivity contribution is 5.73. The number of carbonyl (C=O) groups is 1. The number of aromatic nitrogens is 2. The molecule has 144 valence electrons.